The van der Waals surface area contributed by atoms with E-state index in [0.29, 0.717) is 17.1 Å². The lowest BCUT2D eigenvalue weighted by molar-refractivity contribution is -0.117. The minimum Gasteiger partial charge on any atom is -0.359 e. The van der Waals surface area contributed by atoms with Crippen LogP contribution in [0.4, 0.5) is 11.5 Å². The van der Waals surface area contributed by atoms with E-state index in [9.17, 15) is 9.59 Å². The summed E-state index contributed by atoms with van der Waals surface area (Å²) in [5.74, 6) is 0.419. The van der Waals surface area contributed by atoms with Crippen LogP contribution >= 0.6 is 0 Å². The van der Waals surface area contributed by atoms with Gasteiger partial charge in [0.2, 0.25) is 5.91 Å². The molecule has 0 unspecified atom stereocenters. The van der Waals surface area contributed by atoms with Crippen molar-refractivity contribution in [3.05, 3.63) is 84.2 Å². The first kappa shape index (κ1) is 21.6. The smallest absolute Gasteiger partial charge is 0.252 e. The molecule has 5 N–H and O–H groups in total. The number of hydrogen-bond donors (Lipinski definition) is 4. The molecule has 1 aliphatic rings. The van der Waals surface area contributed by atoms with Crippen molar-refractivity contribution in [1.29, 1.82) is 0 Å². The van der Waals surface area contributed by atoms with Gasteiger partial charge >= 0.3 is 0 Å². The molecule has 0 radical (unpaired) electrons. The zero-order valence-corrected chi connectivity index (χ0v) is 18.5. The second kappa shape index (κ2) is 9.33. The Kier molecular flexibility index (Phi) is 5.93. The van der Waals surface area contributed by atoms with Gasteiger partial charge in [-0.15, -0.1) is 0 Å². The average Bonchev–Trinajstić information content (AvgIpc) is 3.62. The highest BCUT2D eigenvalue weighted by Gasteiger charge is 2.29. The predicted octanol–water partition coefficient (Wildman–Crippen LogP) is 4.56. The summed E-state index contributed by atoms with van der Waals surface area (Å²) in [7, 11) is 0. The normalized spacial score (nSPS) is 13.6. The van der Waals surface area contributed by atoms with Crippen LogP contribution in [0.15, 0.2) is 78.6 Å². The molecule has 0 atom stereocenters. The van der Waals surface area contributed by atoms with E-state index >= 15 is 0 Å². The molecular weight excluding hydrogens is 426 g/mol. The molecule has 2 aromatic heterocycles. The molecule has 2 heterocycles. The van der Waals surface area contributed by atoms with E-state index in [-0.39, 0.29) is 24.3 Å². The lowest BCUT2D eigenvalue weighted by Gasteiger charge is -2.09. The number of nitrogens with one attached hydrogen (secondary N) is 3. The van der Waals surface area contributed by atoms with E-state index in [0.717, 1.165) is 40.4 Å². The van der Waals surface area contributed by atoms with E-state index in [4.69, 9.17) is 5.73 Å². The van der Waals surface area contributed by atoms with Crippen molar-refractivity contribution in [2.45, 2.75) is 12.8 Å². The number of nitrogens with two attached hydrogens (primary N) is 1. The Hall–Kier alpha value is -4.23. The van der Waals surface area contributed by atoms with Crippen LogP contribution < -0.4 is 16.4 Å². The Morgan fingerprint density at radius 1 is 1.06 bits per heavy atom. The van der Waals surface area contributed by atoms with Crippen molar-refractivity contribution >= 4 is 40.3 Å². The molecule has 1 saturated carbocycles. The number of hydrogen-bond acceptors (Lipinski definition) is 4. The zero-order valence-electron chi connectivity index (χ0n) is 18.5. The van der Waals surface area contributed by atoms with Crippen LogP contribution in [0.3, 0.4) is 0 Å². The van der Waals surface area contributed by atoms with Crippen molar-refractivity contribution in [3.8, 4) is 11.1 Å². The summed E-state index contributed by atoms with van der Waals surface area (Å²) in [6.07, 6.45) is 7.25. The Morgan fingerprint density at radius 3 is 2.65 bits per heavy atom. The highest BCUT2D eigenvalue weighted by atomic mass is 16.2. The van der Waals surface area contributed by atoms with E-state index in [1.54, 1.807) is 12.3 Å². The van der Waals surface area contributed by atoms with Crippen LogP contribution in [-0.2, 0) is 9.59 Å². The first-order valence-electron chi connectivity index (χ1n) is 11.3. The highest BCUT2D eigenvalue weighted by molar-refractivity contribution is 6.12. The van der Waals surface area contributed by atoms with Crippen molar-refractivity contribution < 1.29 is 9.59 Å². The van der Waals surface area contributed by atoms with Gasteiger partial charge < -0.3 is 21.4 Å². The number of aromatic amines is 1. The Labute approximate surface area is 197 Å². The third kappa shape index (κ3) is 4.60. The average molecular weight is 452 g/mol. The molecule has 2 amide bonds. The van der Waals surface area contributed by atoms with Gasteiger partial charge in [-0.25, -0.2) is 4.98 Å². The molecule has 0 bridgehead atoms. The Bertz CT molecular complexity index is 1390. The van der Waals surface area contributed by atoms with Crippen LogP contribution in [-0.4, -0.2) is 28.3 Å². The van der Waals surface area contributed by atoms with Crippen molar-refractivity contribution in [3.63, 3.8) is 0 Å². The zero-order chi connectivity index (χ0) is 23.5. The predicted molar refractivity (Wildman–Crippen MR) is 135 cm³/mol. The maximum Gasteiger partial charge on any atom is 0.252 e. The lowest BCUT2D eigenvalue weighted by Crippen LogP contribution is -2.20. The maximum atomic E-state index is 13.0. The first-order valence-corrected chi connectivity index (χ1v) is 11.3. The lowest BCUT2D eigenvalue weighted by atomic mass is 10.0. The third-order valence-corrected chi connectivity index (χ3v) is 5.89. The number of aromatic nitrogens is 2. The SMILES string of the molecule is NC/C(=C\c1ccccc1)C(=O)Nc1cccc2c(-c3ccnc(NC(=O)C4CC4)c3)c[nH]c12. The molecule has 170 valence electrons. The third-order valence-electron chi connectivity index (χ3n) is 5.89. The standard InChI is InChI=1S/C27H25N5O2/c28-15-20(13-17-5-2-1-3-6-17)27(34)31-23-8-4-7-21-22(16-30-25(21)23)19-11-12-29-24(14-19)32-26(33)18-9-10-18/h1-8,11-14,16,18,30H,9-10,15,28H2,(H,31,34)(H,29,32,33)/b20-13+. The molecule has 0 aliphatic heterocycles. The van der Waals surface area contributed by atoms with Gasteiger partial charge in [-0.2, -0.15) is 0 Å². The number of amides is 2. The molecule has 7 nitrogen and oxygen atoms in total. The number of H-pyrrole nitrogens is 1. The second-order valence-electron chi connectivity index (χ2n) is 8.36. The number of anilines is 2. The van der Waals surface area contributed by atoms with Gasteiger partial charge in [0, 0.05) is 41.4 Å². The quantitative estimate of drug-likeness (QED) is 0.309. The summed E-state index contributed by atoms with van der Waals surface area (Å²) in [5, 5.41) is 6.83. The number of rotatable bonds is 7. The van der Waals surface area contributed by atoms with E-state index < -0.39 is 0 Å². The minimum atomic E-state index is -0.246. The molecule has 5 rings (SSSR count). The van der Waals surface area contributed by atoms with Gasteiger partial charge in [0.1, 0.15) is 5.82 Å². The van der Waals surface area contributed by atoms with Gasteiger partial charge in [0.05, 0.1) is 11.2 Å². The van der Waals surface area contributed by atoms with Crippen molar-refractivity contribution in [2.24, 2.45) is 11.7 Å². The number of nitrogens with zero attached hydrogens (tertiary/aromatic N) is 1. The van der Waals surface area contributed by atoms with Crippen LogP contribution in [0.2, 0.25) is 0 Å². The topological polar surface area (TPSA) is 113 Å². The van der Waals surface area contributed by atoms with E-state index in [1.165, 1.54) is 0 Å². The minimum absolute atomic E-state index is 0.0211. The number of para-hydroxylation sites is 1. The molecule has 1 fully saturated rings. The summed E-state index contributed by atoms with van der Waals surface area (Å²) >= 11 is 0. The molecule has 34 heavy (non-hydrogen) atoms. The molecule has 7 heteroatoms. The summed E-state index contributed by atoms with van der Waals surface area (Å²) in [6.45, 7) is 0.124. The van der Waals surface area contributed by atoms with Gasteiger partial charge in [-0.05, 0) is 48.2 Å². The molecule has 1 aliphatic carbocycles. The van der Waals surface area contributed by atoms with Crippen LogP contribution in [0.1, 0.15) is 18.4 Å². The summed E-state index contributed by atoms with van der Waals surface area (Å²) in [6, 6.07) is 19.1. The summed E-state index contributed by atoms with van der Waals surface area (Å²) < 4.78 is 0. The molecule has 2 aromatic carbocycles. The number of carbonyl (C=O) groups is 2. The molecule has 0 saturated heterocycles. The van der Waals surface area contributed by atoms with E-state index in [1.807, 2.05) is 66.9 Å². The monoisotopic (exact) mass is 451 g/mol. The van der Waals surface area contributed by atoms with Gasteiger partial charge in [0.25, 0.3) is 5.91 Å². The van der Waals surface area contributed by atoms with Crippen molar-refractivity contribution in [1.82, 2.24) is 9.97 Å². The number of benzene rings is 2. The Morgan fingerprint density at radius 2 is 1.88 bits per heavy atom. The number of pyridine rings is 1. The second-order valence-corrected chi connectivity index (χ2v) is 8.36. The number of fused-ring (bicyclic) bond motifs is 1. The van der Waals surface area contributed by atoms with Crippen LogP contribution in [0.25, 0.3) is 28.1 Å². The fourth-order valence-corrected chi connectivity index (χ4v) is 3.91. The molecular formula is C27H25N5O2. The largest absolute Gasteiger partial charge is 0.359 e. The molecule has 4 aromatic rings. The van der Waals surface area contributed by atoms with Crippen LogP contribution in [0.5, 0.6) is 0 Å². The first-order chi connectivity index (χ1) is 16.6. The fraction of sp³-hybridized carbons (Fsp3) is 0.148. The van der Waals surface area contributed by atoms with Gasteiger partial charge in [-0.3, -0.25) is 9.59 Å². The summed E-state index contributed by atoms with van der Waals surface area (Å²) in [4.78, 5) is 32.6. The fourth-order valence-electron chi connectivity index (χ4n) is 3.91. The van der Waals surface area contributed by atoms with Gasteiger partial charge in [-0.1, -0.05) is 42.5 Å². The van der Waals surface area contributed by atoms with Crippen molar-refractivity contribution in [2.75, 3.05) is 17.2 Å². The maximum absolute atomic E-state index is 13.0. The van der Waals surface area contributed by atoms with E-state index in [2.05, 4.69) is 20.6 Å². The van der Waals surface area contributed by atoms with Crippen LogP contribution in [0, 0.1) is 5.92 Å². The highest BCUT2D eigenvalue weighted by Crippen LogP contribution is 2.34. The Balaban J connectivity index is 1.41. The molecule has 0 spiro atoms. The van der Waals surface area contributed by atoms with Gasteiger partial charge in [0.15, 0.2) is 0 Å². The number of carbonyl (C=O) groups excluding carboxylic acids is 2. The summed E-state index contributed by atoms with van der Waals surface area (Å²) in [5.41, 5.74) is 10.6.